The molecule has 0 aliphatic rings. The van der Waals surface area contributed by atoms with Crippen molar-refractivity contribution in [1.29, 1.82) is 0 Å². The highest BCUT2D eigenvalue weighted by Gasteiger charge is 2.20. The van der Waals surface area contributed by atoms with Crippen molar-refractivity contribution in [2.75, 3.05) is 20.3 Å². The van der Waals surface area contributed by atoms with E-state index < -0.39 is 0 Å². The number of methoxy groups -OCH3 is 1. The van der Waals surface area contributed by atoms with Gasteiger partial charge in [-0.2, -0.15) is 0 Å². The molecule has 1 unspecified atom stereocenters. The van der Waals surface area contributed by atoms with Crippen molar-refractivity contribution in [3.8, 4) is 0 Å². The van der Waals surface area contributed by atoms with Crippen LogP contribution in [0.2, 0.25) is 0 Å². The summed E-state index contributed by atoms with van der Waals surface area (Å²) in [4.78, 5) is 14.4. The van der Waals surface area contributed by atoms with Crippen LogP contribution < -0.4 is 5.73 Å². The summed E-state index contributed by atoms with van der Waals surface area (Å²) in [5, 5.41) is 11.7. The molecule has 0 saturated heterocycles. The van der Waals surface area contributed by atoms with Gasteiger partial charge in [0.25, 0.3) is 5.91 Å². The van der Waals surface area contributed by atoms with Gasteiger partial charge in [0.05, 0.1) is 6.61 Å². The smallest absolute Gasteiger partial charge is 0.254 e. The van der Waals surface area contributed by atoms with Crippen molar-refractivity contribution in [1.82, 2.24) is 4.90 Å². The SMILES string of the molecule is CCC(C)N(CCOC)C(=O)c1cccc(C(N)=NO)c1. The highest BCUT2D eigenvalue weighted by Crippen LogP contribution is 2.12. The number of amidine groups is 1. The number of hydrogen-bond acceptors (Lipinski definition) is 4. The number of hydrogen-bond donors (Lipinski definition) is 2. The average Bonchev–Trinajstić information content (AvgIpc) is 2.53. The van der Waals surface area contributed by atoms with Crippen LogP contribution in [0.5, 0.6) is 0 Å². The summed E-state index contributed by atoms with van der Waals surface area (Å²) < 4.78 is 5.07. The Morgan fingerprint density at radius 1 is 1.48 bits per heavy atom. The number of amides is 1. The van der Waals surface area contributed by atoms with E-state index in [9.17, 15) is 4.79 Å². The molecule has 1 aromatic carbocycles. The van der Waals surface area contributed by atoms with Crippen LogP contribution >= 0.6 is 0 Å². The van der Waals surface area contributed by atoms with Crippen molar-refractivity contribution in [2.24, 2.45) is 10.9 Å². The van der Waals surface area contributed by atoms with Gasteiger partial charge in [-0.25, -0.2) is 0 Å². The van der Waals surface area contributed by atoms with Gasteiger partial charge in [0.1, 0.15) is 0 Å². The standard InChI is InChI=1S/C15H23N3O3/c1-4-11(2)18(8-9-21-3)15(19)13-7-5-6-12(10-13)14(16)17-20/h5-7,10-11,20H,4,8-9H2,1-3H3,(H2,16,17). The molecule has 1 amide bonds. The summed E-state index contributed by atoms with van der Waals surface area (Å²) in [6.45, 7) is 5.04. The van der Waals surface area contributed by atoms with E-state index in [2.05, 4.69) is 5.16 Å². The molecule has 0 spiro atoms. The number of nitrogens with zero attached hydrogens (tertiary/aromatic N) is 2. The lowest BCUT2D eigenvalue weighted by molar-refractivity contribution is 0.0614. The minimum atomic E-state index is -0.0889. The minimum Gasteiger partial charge on any atom is -0.409 e. The van der Waals surface area contributed by atoms with Gasteiger partial charge < -0.3 is 20.6 Å². The third-order valence-corrected chi connectivity index (χ3v) is 3.43. The largest absolute Gasteiger partial charge is 0.409 e. The van der Waals surface area contributed by atoms with Crippen LogP contribution in [0.15, 0.2) is 29.4 Å². The summed E-state index contributed by atoms with van der Waals surface area (Å²) in [7, 11) is 1.61. The summed E-state index contributed by atoms with van der Waals surface area (Å²) in [5.41, 5.74) is 6.58. The van der Waals surface area contributed by atoms with E-state index in [1.807, 2.05) is 13.8 Å². The zero-order chi connectivity index (χ0) is 15.8. The first-order valence-electron chi connectivity index (χ1n) is 6.93. The van der Waals surface area contributed by atoms with Gasteiger partial charge in [-0.05, 0) is 25.5 Å². The first kappa shape index (κ1) is 17.0. The number of ether oxygens (including phenoxy) is 1. The van der Waals surface area contributed by atoms with Crippen LogP contribution in [0.1, 0.15) is 36.2 Å². The summed E-state index contributed by atoms with van der Waals surface area (Å²) in [5.74, 6) is -0.106. The molecular weight excluding hydrogens is 270 g/mol. The molecule has 116 valence electrons. The van der Waals surface area contributed by atoms with Gasteiger partial charge in [-0.3, -0.25) is 4.79 Å². The second kappa shape index (κ2) is 8.26. The molecule has 21 heavy (non-hydrogen) atoms. The highest BCUT2D eigenvalue weighted by atomic mass is 16.5. The van der Waals surface area contributed by atoms with Crippen molar-refractivity contribution in [3.05, 3.63) is 35.4 Å². The van der Waals surface area contributed by atoms with E-state index in [0.717, 1.165) is 6.42 Å². The molecule has 0 aliphatic heterocycles. The number of benzene rings is 1. The third kappa shape index (κ3) is 4.46. The molecule has 3 N–H and O–H groups in total. The van der Waals surface area contributed by atoms with E-state index in [0.29, 0.717) is 24.3 Å². The van der Waals surface area contributed by atoms with Crippen LogP contribution in [-0.4, -0.2) is 48.2 Å². The van der Waals surface area contributed by atoms with Crippen LogP contribution in [0.3, 0.4) is 0 Å². The number of rotatable bonds is 7. The van der Waals surface area contributed by atoms with Crippen molar-refractivity contribution >= 4 is 11.7 Å². The van der Waals surface area contributed by atoms with Gasteiger partial charge in [-0.15, -0.1) is 0 Å². The average molecular weight is 293 g/mol. The van der Waals surface area contributed by atoms with E-state index >= 15 is 0 Å². The maximum absolute atomic E-state index is 12.6. The van der Waals surface area contributed by atoms with E-state index in [4.69, 9.17) is 15.7 Å². The van der Waals surface area contributed by atoms with Crippen LogP contribution in [0.4, 0.5) is 0 Å². The normalized spacial score (nSPS) is 13.0. The minimum absolute atomic E-state index is 0.0170. The van der Waals surface area contributed by atoms with Crippen LogP contribution in [-0.2, 0) is 4.74 Å². The zero-order valence-corrected chi connectivity index (χ0v) is 12.7. The maximum atomic E-state index is 12.6. The van der Waals surface area contributed by atoms with Gasteiger partial charge in [0.2, 0.25) is 0 Å². The molecular formula is C15H23N3O3. The molecule has 0 bridgehead atoms. The van der Waals surface area contributed by atoms with E-state index in [-0.39, 0.29) is 17.8 Å². The van der Waals surface area contributed by atoms with Crippen LogP contribution in [0.25, 0.3) is 0 Å². The molecule has 0 aromatic heterocycles. The monoisotopic (exact) mass is 293 g/mol. The van der Waals surface area contributed by atoms with Gasteiger partial charge in [0, 0.05) is 30.8 Å². The Bertz CT molecular complexity index is 503. The first-order chi connectivity index (χ1) is 10.0. The Hall–Kier alpha value is -2.08. The quantitative estimate of drug-likeness (QED) is 0.346. The molecule has 0 radical (unpaired) electrons. The fourth-order valence-electron chi connectivity index (χ4n) is 1.97. The lowest BCUT2D eigenvalue weighted by Crippen LogP contribution is -2.40. The van der Waals surface area contributed by atoms with Crippen molar-refractivity contribution in [2.45, 2.75) is 26.3 Å². The number of oxime groups is 1. The lowest BCUT2D eigenvalue weighted by Gasteiger charge is -2.28. The second-order valence-corrected chi connectivity index (χ2v) is 4.81. The number of nitrogens with two attached hydrogens (primary N) is 1. The number of carbonyl (C=O) groups is 1. The Morgan fingerprint density at radius 2 is 2.14 bits per heavy atom. The van der Waals surface area contributed by atoms with E-state index in [1.165, 1.54) is 0 Å². The predicted molar refractivity (Wildman–Crippen MR) is 81.6 cm³/mol. The van der Waals surface area contributed by atoms with Crippen LogP contribution in [0, 0.1) is 0 Å². The summed E-state index contributed by atoms with van der Waals surface area (Å²) in [6.07, 6.45) is 0.857. The summed E-state index contributed by atoms with van der Waals surface area (Å²) in [6, 6.07) is 6.86. The fraction of sp³-hybridized carbons (Fsp3) is 0.467. The first-order valence-corrected chi connectivity index (χ1v) is 6.93. The van der Waals surface area contributed by atoms with Crippen molar-refractivity contribution < 1.29 is 14.7 Å². The zero-order valence-electron chi connectivity index (χ0n) is 12.7. The van der Waals surface area contributed by atoms with E-state index in [1.54, 1.807) is 36.3 Å². The molecule has 0 saturated carbocycles. The molecule has 6 heteroatoms. The predicted octanol–water partition coefficient (Wildman–Crippen LogP) is 1.67. The fourth-order valence-corrected chi connectivity index (χ4v) is 1.97. The number of carbonyl (C=O) groups excluding carboxylic acids is 1. The lowest BCUT2D eigenvalue weighted by atomic mass is 10.1. The molecule has 1 aromatic rings. The topological polar surface area (TPSA) is 88.2 Å². The van der Waals surface area contributed by atoms with Gasteiger partial charge in [-0.1, -0.05) is 24.2 Å². The van der Waals surface area contributed by atoms with Gasteiger partial charge in [0.15, 0.2) is 5.84 Å². The molecule has 1 rings (SSSR count). The van der Waals surface area contributed by atoms with Crippen molar-refractivity contribution in [3.63, 3.8) is 0 Å². The van der Waals surface area contributed by atoms with Gasteiger partial charge >= 0.3 is 0 Å². The maximum Gasteiger partial charge on any atom is 0.254 e. The Labute approximate surface area is 125 Å². The summed E-state index contributed by atoms with van der Waals surface area (Å²) >= 11 is 0. The Kier molecular flexibility index (Phi) is 6.68. The molecule has 6 nitrogen and oxygen atoms in total. The third-order valence-electron chi connectivity index (χ3n) is 3.43. The molecule has 1 atom stereocenters. The molecule has 0 fully saturated rings. The highest BCUT2D eigenvalue weighted by molar-refractivity contribution is 6.01. The second-order valence-electron chi connectivity index (χ2n) is 4.81. The Morgan fingerprint density at radius 3 is 2.71 bits per heavy atom. The molecule has 0 heterocycles. The Balaban J connectivity index is 3.03. The molecule has 0 aliphatic carbocycles.